The van der Waals surface area contributed by atoms with Gasteiger partial charge >= 0.3 is 0 Å². The smallest absolute Gasteiger partial charge is 0.0702 e. The zero-order valence-corrected chi connectivity index (χ0v) is 47.1. The second kappa shape index (κ2) is 22.7. The highest BCUT2D eigenvalue weighted by atomic mass is 14.7. The standard InChI is InChI=1S/C48H32N2.C35H23N/c1-3-9-33(10-4-1)35-15-19-37(20-16-35)47-43-25-23-39(41-13-7-27-49-31-41)29-45(43)48(38-21-17-36(18-22-38)34-11-5-2-6-12-34)46-30-40(24-26-44(46)47)42-14-8-28-50-32-42;1-2-10-24(11-3-1)25-18-20-26(21-19-25)34-29-13-5-7-15-31(29)35(32-16-8-6-14-30(32)34)28-22-27-12-4-9-17-33(27)36-23-28/h1-32H;1-23H. The third-order valence-corrected chi connectivity index (χ3v) is 16.8. The molecule has 13 aromatic carbocycles. The predicted molar refractivity (Wildman–Crippen MR) is 363 cm³/mol. The van der Waals surface area contributed by atoms with Crippen LogP contribution in [0, 0.1) is 0 Å². The Labute approximate surface area is 500 Å². The highest BCUT2D eigenvalue weighted by Gasteiger charge is 2.21. The van der Waals surface area contributed by atoms with Crippen molar-refractivity contribution in [2.24, 2.45) is 0 Å². The fourth-order valence-electron chi connectivity index (χ4n) is 12.6. The van der Waals surface area contributed by atoms with E-state index in [0.29, 0.717) is 0 Å². The van der Waals surface area contributed by atoms with Crippen LogP contribution in [0.1, 0.15) is 0 Å². The summed E-state index contributed by atoms with van der Waals surface area (Å²) >= 11 is 0. The van der Waals surface area contributed by atoms with Crippen LogP contribution in [-0.4, -0.2) is 15.0 Å². The van der Waals surface area contributed by atoms with Crippen molar-refractivity contribution in [3.63, 3.8) is 0 Å². The van der Waals surface area contributed by atoms with E-state index >= 15 is 0 Å². The maximum Gasteiger partial charge on any atom is 0.0702 e. The van der Waals surface area contributed by atoms with Crippen LogP contribution >= 0.6 is 0 Å². The molecule has 402 valence electrons. The minimum atomic E-state index is 1.02. The largest absolute Gasteiger partial charge is 0.264 e. The Bertz CT molecular complexity index is 4930. The lowest BCUT2D eigenvalue weighted by molar-refractivity contribution is 1.33. The van der Waals surface area contributed by atoms with Crippen LogP contribution in [0.2, 0.25) is 0 Å². The Morgan fingerprint density at radius 1 is 0.174 bits per heavy atom. The molecule has 0 N–H and O–H groups in total. The lowest BCUT2D eigenvalue weighted by Crippen LogP contribution is -1.93. The van der Waals surface area contributed by atoms with Crippen LogP contribution < -0.4 is 0 Å². The quantitative estimate of drug-likeness (QED) is 0.135. The topological polar surface area (TPSA) is 38.7 Å². The minimum Gasteiger partial charge on any atom is -0.264 e. The van der Waals surface area contributed by atoms with Crippen LogP contribution in [0.5, 0.6) is 0 Å². The van der Waals surface area contributed by atoms with Gasteiger partial charge in [-0.1, -0.05) is 267 Å². The summed E-state index contributed by atoms with van der Waals surface area (Å²) < 4.78 is 0. The molecular formula is C83H55N3. The molecular weight excluding hydrogens is 1040 g/mol. The van der Waals surface area contributed by atoms with Crippen LogP contribution in [0.15, 0.2) is 334 Å². The molecule has 0 saturated heterocycles. The molecule has 16 rings (SSSR count). The molecule has 16 aromatic rings. The Kier molecular flexibility index (Phi) is 13.6. The molecule has 0 amide bonds. The van der Waals surface area contributed by atoms with Gasteiger partial charge in [-0.05, 0) is 163 Å². The summed E-state index contributed by atoms with van der Waals surface area (Å²) in [7, 11) is 0. The first-order valence-electron chi connectivity index (χ1n) is 29.3. The molecule has 86 heavy (non-hydrogen) atoms. The molecule has 3 heterocycles. The lowest BCUT2D eigenvalue weighted by Gasteiger charge is -2.20. The molecule has 0 saturated carbocycles. The molecule has 3 heteroatoms. The normalized spacial score (nSPS) is 11.3. The molecule has 0 bridgehead atoms. The molecule has 0 unspecified atom stereocenters. The summed E-state index contributed by atoms with van der Waals surface area (Å²) in [5.41, 5.74) is 22.5. The summed E-state index contributed by atoms with van der Waals surface area (Å²) in [4.78, 5) is 13.7. The van der Waals surface area contributed by atoms with Crippen LogP contribution in [0.4, 0.5) is 0 Å². The van der Waals surface area contributed by atoms with E-state index in [-0.39, 0.29) is 0 Å². The Hall–Kier alpha value is -11.4. The number of pyridine rings is 3. The maximum absolute atomic E-state index is 4.79. The van der Waals surface area contributed by atoms with Crippen LogP contribution in [0.25, 0.3) is 154 Å². The molecule has 0 radical (unpaired) electrons. The average Bonchev–Trinajstić information content (AvgIpc) is 1.22. The molecule has 0 aliphatic rings. The summed E-state index contributed by atoms with van der Waals surface area (Å²) in [5.74, 6) is 0. The van der Waals surface area contributed by atoms with Gasteiger partial charge in [0, 0.05) is 53.1 Å². The van der Waals surface area contributed by atoms with Gasteiger partial charge in [0.25, 0.3) is 0 Å². The zero-order chi connectivity index (χ0) is 57.2. The van der Waals surface area contributed by atoms with Gasteiger partial charge in [0.05, 0.1) is 5.52 Å². The third-order valence-electron chi connectivity index (χ3n) is 16.8. The molecule has 0 aliphatic heterocycles. The molecule has 3 aromatic heterocycles. The van der Waals surface area contributed by atoms with E-state index in [1.807, 2.05) is 49.2 Å². The van der Waals surface area contributed by atoms with Gasteiger partial charge in [-0.3, -0.25) is 15.0 Å². The first kappa shape index (κ1) is 51.5. The SMILES string of the molecule is c1ccc(-c2ccc(-c3c4ccc(-c5cccnc5)cc4c(-c4ccc(-c5ccccc5)cc4)c4cc(-c5cccnc5)ccc34)cc2)cc1.c1ccc(-c2ccc(-c3c4ccccc4c(-c4cnc5ccccc5c4)c4ccccc34)cc2)cc1. The van der Waals surface area contributed by atoms with Gasteiger partial charge in [-0.2, -0.15) is 0 Å². The zero-order valence-electron chi connectivity index (χ0n) is 47.1. The highest BCUT2D eigenvalue weighted by Crippen LogP contribution is 2.48. The number of rotatable bonds is 9. The second-order valence-corrected chi connectivity index (χ2v) is 21.8. The van der Waals surface area contributed by atoms with Gasteiger partial charge in [0.15, 0.2) is 0 Å². The van der Waals surface area contributed by atoms with E-state index in [0.717, 1.165) is 38.7 Å². The predicted octanol–water partition coefficient (Wildman–Crippen LogP) is 22.3. The van der Waals surface area contributed by atoms with Crippen molar-refractivity contribution in [1.29, 1.82) is 0 Å². The summed E-state index contributed by atoms with van der Waals surface area (Å²) in [6, 6.07) is 109. The summed E-state index contributed by atoms with van der Waals surface area (Å²) in [5, 5.41) is 11.0. The van der Waals surface area contributed by atoms with Gasteiger partial charge < -0.3 is 0 Å². The molecule has 3 nitrogen and oxygen atoms in total. The number of para-hydroxylation sites is 1. The minimum absolute atomic E-state index is 1.02. The number of hydrogen-bond donors (Lipinski definition) is 0. The lowest BCUT2D eigenvalue weighted by atomic mass is 9.83. The van der Waals surface area contributed by atoms with Gasteiger partial charge in [0.2, 0.25) is 0 Å². The Morgan fingerprint density at radius 2 is 0.477 bits per heavy atom. The van der Waals surface area contributed by atoms with E-state index < -0.39 is 0 Å². The third kappa shape index (κ3) is 9.83. The Balaban J connectivity index is 0.000000153. The van der Waals surface area contributed by atoms with Gasteiger partial charge in [-0.15, -0.1) is 0 Å². The average molecular weight is 1090 g/mol. The van der Waals surface area contributed by atoms with Crippen LogP contribution in [-0.2, 0) is 0 Å². The highest BCUT2D eigenvalue weighted by molar-refractivity contribution is 6.23. The number of fused-ring (bicyclic) bond motifs is 5. The van der Waals surface area contributed by atoms with Crippen molar-refractivity contribution in [2.75, 3.05) is 0 Å². The van der Waals surface area contributed by atoms with Crippen molar-refractivity contribution in [2.45, 2.75) is 0 Å². The fourth-order valence-corrected chi connectivity index (χ4v) is 12.6. The van der Waals surface area contributed by atoms with Crippen molar-refractivity contribution in [3.8, 4) is 100 Å². The van der Waals surface area contributed by atoms with E-state index in [9.17, 15) is 0 Å². The number of nitrogens with zero attached hydrogens (tertiary/aromatic N) is 3. The second-order valence-electron chi connectivity index (χ2n) is 21.8. The number of benzene rings is 13. The van der Waals surface area contributed by atoms with Crippen molar-refractivity contribution < 1.29 is 0 Å². The van der Waals surface area contributed by atoms with Crippen molar-refractivity contribution in [1.82, 2.24) is 15.0 Å². The van der Waals surface area contributed by atoms with Gasteiger partial charge in [-0.25, -0.2) is 0 Å². The Morgan fingerprint density at radius 3 is 0.872 bits per heavy atom. The van der Waals surface area contributed by atoms with E-state index in [4.69, 9.17) is 4.98 Å². The molecule has 0 atom stereocenters. The molecule has 0 fully saturated rings. The van der Waals surface area contributed by atoms with Gasteiger partial charge in [0.1, 0.15) is 0 Å². The number of hydrogen-bond acceptors (Lipinski definition) is 3. The van der Waals surface area contributed by atoms with E-state index in [1.54, 1.807) is 0 Å². The molecule has 0 spiro atoms. The first-order chi connectivity index (χ1) is 42.7. The van der Waals surface area contributed by atoms with E-state index in [2.05, 4.69) is 295 Å². The maximum atomic E-state index is 4.79. The fraction of sp³-hybridized carbons (Fsp3) is 0. The summed E-state index contributed by atoms with van der Waals surface area (Å²) in [6.45, 7) is 0. The molecule has 0 aliphatic carbocycles. The summed E-state index contributed by atoms with van der Waals surface area (Å²) in [6.07, 6.45) is 9.56. The van der Waals surface area contributed by atoms with Crippen molar-refractivity contribution >= 4 is 54.0 Å². The first-order valence-corrected chi connectivity index (χ1v) is 29.3. The van der Waals surface area contributed by atoms with Crippen molar-refractivity contribution in [3.05, 3.63) is 334 Å². The monoisotopic (exact) mass is 1090 g/mol. The van der Waals surface area contributed by atoms with E-state index in [1.165, 1.54) is 115 Å². The number of aromatic nitrogens is 3. The van der Waals surface area contributed by atoms with Crippen LogP contribution in [0.3, 0.4) is 0 Å².